The Balaban J connectivity index is 1.68. The van der Waals surface area contributed by atoms with Gasteiger partial charge >= 0.3 is 0 Å². The molecule has 1 saturated carbocycles. The first-order chi connectivity index (χ1) is 18.1. The summed E-state index contributed by atoms with van der Waals surface area (Å²) in [5.41, 5.74) is 17.1. The van der Waals surface area contributed by atoms with Crippen LogP contribution in [0.25, 0.3) is 0 Å². The van der Waals surface area contributed by atoms with Crippen molar-refractivity contribution >= 4 is 0 Å². The van der Waals surface area contributed by atoms with Gasteiger partial charge in [-0.05, 0) is 148 Å². The summed E-state index contributed by atoms with van der Waals surface area (Å²) < 4.78 is 0. The summed E-state index contributed by atoms with van der Waals surface area (Å²) in [4.78, 5) is 0. The molecule has 5 rings (SSSR count). The van der Waals surface area contributed by atoms with Gasteiger partial charge in [-0.2, -0.15) is 0 Å². The highest BCUT2D eigenvalue weighted by Gasteiger charge is 2.46. The Hall–Kier alpha value is -3.12. The van der Waals surface area contributed by atoms with Crippen LogP contribution in [-0.4, -0.2) is 0 Å². The lowest BCUT2D eigenvalue weighted by Crippen LogP contribution is -2.41. The van der Waals surface area contributed by atoms with Crippen LogP contribution in [-0.2, 0) is 10.8 Å². The van der Waals surface area contributed by atoms with Crippen LogP contribution >= 0.6 is 0 Å². The minimum absolute atomic E-state index is 0.0277. The standard InChI is InChI=1S/C38H44/c1-25-9-13-33(21-29(25)5)37(34-14-10-26(2)30(6)22-34)17-19-38(20-18-37,35-15-11-27(3)31(7)23-35)36-16-12-28(4)32(8)24-36/h9-16,21-24H,17-20H2,1-8H3. The van der Waals surface area contributed by atoms with E-state index in [1.54, 1.807) is 0 Å². The SMILES string of the molecule is Cc1ccc(C2(c3ccc(C)c(C)c3)CCC(c3ccc(C)c(C)c3)(c3ccc(C)c(C)c3)CC2)cc1C. The largest absolute Gasteiger partial charge is 0.0588 e. The summed E-state index contributed by atoms with van der Waals surface area (Å²) in [6.45, 7) is 18.0. The molecule has 4 aromatic rings. The predicted octanol–water partition coefficient (Wildman–Crippen LogP) is 10.0. The molecular formula is C38H44. The van der Waals surface area contributed by atoms with E-state index in [4.69, 9.17) is 0 Å². The second-order valence-electron chi connectivity index (χ2n) is 12.4. The quantitative estimate of drug-likeness (QED) is 0.261. The maximum Gasteiger partial charge on any atom is 0.0204 e. The third-order valence-corrected chi connectivity index (χ3v) is 10.2. The molecule has 4 aromatic carbocycles. The van der Waals surface area contributed by atoms with E-state index in [9.17, 15) is 0 Å². The first-order valence-corrected chi connectivity index (χ1v) is 14.4. The maximum absolute atomic E-state index is 2.48. The molecule has 0 aromatic heterocycles. The van der Waals surface area contributed by atoms with Gasteiger partial charge in [0, 0.05) is 10.8 Å². The van der Waals surface area contributed by atoms with Crippen LogP contribution < -0.4 is 0 Å². The molecule has 0 amide bonds. The lowest BCUT2D eigenvalue weighted by atomic mass is 9.55. The molecule has 0 N–H and O–H groups in total. The number of hydrogen-bond acceptors (Lipinski definition) is 0. The first-order valence-electron chi connectivity index (χ1n) is 14.4. The molecule has 0 aliphatic heterocycles. The highest BCUT2D eigenvalue weighted by atomic mass is 14.5. The summed E-state index contributed by atoms with van der Waals surface area (Å²) in [7, 11) is 0. The number of rotatable bonds is 4. The van der Waals surface area contributed by atoms with Gasteiger partial charge in [0.15, 0.2) is 0 Å². The maximum atomic E-state index is 2.48. The van der Waals surface area contributed by atoms with Crippen molar-refractivity contribution in [2.75, 3.05) is 0 Å². The van der Waals surface area contributed by atoms with E-state index in [0.717, 1.165) is 25.7 Å². The van der Waals surface area contributed by atoms with Gasteiger partial charge in [0.1, 0.15) is 0 Å². The van der Waals surface area contributed by atoms with E-state index < -0.39 is 0 Å². The van der Waals surface area contributed by atoms with Crippen LogP contribution in [0.2, 0.25) is 0 Å². The number of aryl methyl sites for hydroxylation is 8. The van der Waals surface area contributed by atoms with Crippen molar-refractivity contribution in [3.8, 4) is 0 Å². The Bertz CT molecular complexity index is 1270. The minimum atomic E-state index is 0.0277. The van der Waals surface area contributed by atoms with Gasteiger partial charge in [0.25, 0.3) is 0 Å². The fraction of sp³-hybridized carbons (Fsp3) is 0.368. The van der Waals surface area contributed by atoms with Crippen LogP contribution in [0.4, 0.5) is 0 Å². The molecule has 196 valence electrons. The zero-order valence-corrected chi connectivity index (χ0v) is 24.8. The van der Waals surface area contributed by atoms with Crippen molar-refractivity contribution in [2.45, 2.75) is 91.9 Å². The van der Waals surface area contributed by atoms with Crippen LogP contribution in [0, 0.1) is 55.4 Å². The molecule has 1 fully saturated rings. The predicted molar refractivity (Wildman–Crippen MR) is 164 cm³/mol. The molecular weight excluding hydrogens is 456 g/mol. The molecule has 0 bridgehead atoms. The van der Waals surface area contributed by atoms with Gasteiger partial charge in [0.2, 0.25) is 0 Å². The first kappa shape index (κ1) is 26.5. The lowest BCUT2D eigenvalue weighted by molar-refractivity contribution is 0.256. The van der Waals surface area contributed by atoms with Crippen LogP contribution in [0.1, 0.15) is 92.4 Å². The molecule has 0 unspecified atom stereocenters. The molecule has 0 heteroatoms. The monoisotopic (exact) mass is 500 g/mol. The Morgan fingerprint density at radius 3 is 0.711 bits per heavy atom. The lowest BCUT2D eigenvalue weighted by Gasteiger charge is -2.48. The van der Waals surface area contributed by atoms with Crippen molar-refractivity contribution in [1.29, 1.82) is 0 Å². The number of benzene rings is 4. The van der Waals surface area contributed by atoms with E-state index in [1.807, 2.05) is 0 Å². The second kappa shape index (κ2) is 9.88. The van der Waals surface area contributed by atoms with Crippen molar-refractivity contribution < 1.29 is 0 Å². The Morgan fingerprint density at radius 2 is 0.526 bits per heavy atom. The topological polar surface area (TPSA) is 0 Å². The van der Waals surface area contributed by atoms with Crippen LogP contribution in [0.3, 0.4) is 0 Å². The van der Waals surface area contributed by atoms with E-state index in [0.29, 0.717) is 0 Å². The molecule has 1 aliphatic carbocycles. The van der Waals surface area contributed by atoms with Gasteiger partial charge < -0.3 is 0 Å². The Kier molecular flexibility index (Phi) is 6.89. The average Bonchev–Trinajstić information content (AvgIpc) is 2.90. The van der Waals surface area contributed by atoms with Crippen molar-refractivity contribution in [3.05, 3.63) is 140 Å². The minimum Gasteiger partial charge on any atom is -0.0588 e. The third-order valence-electron chi connectivity index (χ3n) is 10.2. The zero-order valence-electron chi connectivity index (χ0n) is 24.8. The summed E-state index contributed by atoms with van der Waals surface area (Å²) >= 11 is 0. The molecule has 0 heterocycles. The van der Waals surface area contributed by atoms with Crippen molar-refractivity contribution in [3.63, 3.8) is 0 Å². The van der Waals surface area contributed by atoms with Crippen LogP contribution in [0.15, 0.2) is 72.8 Å². The van der Waals surface area contributed by atoms with Gasteiger partial charge in [-0.15, -0.1) is 0 Å². The van der Waals surface area contributed by atoms with E-state index in [-0.39, 0.29) is 10.8 Å². The Morgan fingerprint density at radius 1 is 0.316 bits per heavy atom. The molecule has 0 atom stereocenters. The summed E-state index contributed by atoms with van der Waals surface area (Å²) in [5, 5.41) is 0. The fourth-order valence-electron chi connectivity index (χ4n) is 6.75. The summed E-state index contributed by atoms with van der Waals surface area (Å²) in [6, 6.07) is 28.9. The van der Waals surface area contributed by atoms with Gasteiger partial charge in [-0.25, -0.2) is 0 Å². The van der Waals surface area contributed by atoms with Gasteiger partial charge in [0.05, 0.1) is 0 Å². The van der Waals surface area contributed by atoms with Gasteiger partial charge in [-0.3, -0.25) is 0 Å². The van der Waals surface area contributed by atoms with E-state index >= 15 is 0 Å². The highest BCUT2D eigenvalue weighted by molar-refractivity contribution is 5.50. The Labute approximate surface area is 231 Å². The molecule has 0 saturated heterocycles. The zero-order chi connectivity index (χ0) is 27.2. The second-order valence-corrected chi connectivity index (χ2v) is 12.4. The van der Waals surface area contributed by atoms with Gasteiger partial charge in [-0.1, -0.05) is 72.8 Å². The van der Waals surface area contributed by atoms with E-state index in [1.165, 1.54) is 66.8 Å². The molecule has 0 radical (unpaired) electrons. The smallest absolute Gasteiger partial charge is 0.0204 e. The highest BCUT2D eigenvalue weighted by Crippen LogP contribution is 2.54. The normalized spacial score (nSPS) is 16.4. The average molecular weight is 501 g/mol. The third kappa shape index (κ3) is 4.43. The number of hydrogen-bond donors (Lipinski definition) is 0. The molecule has 1 aliphatic rings. The summed E-state index contributed by atoms with van der Waals surface area (Å²) in [6.07, 6.45) is 4.55. The molecule has 0 nitrogen and oxygen atoms in total. The van der Waals surface area contributed by atoms with Crippen molar-refractivity contribution in [2.24, 2.45) is 0 Å². The fourth-order valence-corrected chi connectivity index (χ4v) is 6.75. The molecule has 38 heavy (non-hydrogen) atoms. The molecule has 0 spiro atoms. The van der Waals surface area contributed by atoms with E-state index in [2.05, 4.69) is 128 Å². The summed E-state index contributed by atoms with van der Waals surface area (Å²) in [5.74, 6) is 0. The van der Waals surface area contributed by atoms with Crippen LogP contribution in [0.5, 0.6) is 0 Å². The van der Waals surface area contributed by atoms with Crippen molar-refractivity contribution in [1.82, 2.24) is 0 Å².